The smallest absolute Gasteiger partial charge is 0.144 e. The Bertz CT molecular complexity index is 435. The summed E-state index contributed by atoms with van der Waals surface area (Å²) in [4.78, 5) is 4.27. The summed E-state index contributed by atoms with van der Waals surface area (Å²) in [6, 6.07) is 5.69. The Labute approximate surface area is 102 Å². The van der Waals surface area contributed by atoms with Crippen molar-refractivity contribution in [1.82, 2.24) is 4.98 Å². The molecule has 1 aromatic rings. The van der Waals surface area contributed by atoms with Crippen molar-refractivity contribution in [2.24, 2.45) is 0 Å². The Morgan fingerprint density at radius 1 is 1.59 bits per heavy atom. The van der Waals surface area contributed by atoms with Gasteiger partial charge in [0.2, 0.25) is 0 Å². The molecular weight excluding hydrogens is 214 g/mol. The van der Waals surface area contributed by atoms with Gasteiger partial charge < -0.3 is 10.1 Å². The van der Waals surface area contributed by atoms with Crippen LogP contribution in [0.15, 0.2) is 24.3 Å². The van der Waals surface area contributed by atoms with Crippen LogP contribution in [0.25, 0.3) is 0 Å². The monoisotopic (exact) mass is 231 g/mol. The topological polar surface area (TPSA) is 57.9 Å². The van der Waals surface area contributed by atoms with E-state index in [2.05, 4.69) is 22.9 Å². The summed E-state index contributed by atoms with van der Waals surface area (Å²) in [7, 11) is 0. The van der Waals surface area contributed by atoms with Crippen LogP contribution in [0.5, 0.6) is 0 Å². The molecule has 0 saturated heterocycles. The van der Waals surface area contributed by atoms with Crippen molar-refractivity contribution in [3.05, 3.63) is 35.5 Å². The lowest BCUT2D eigenvalue weighted by atomic mass is 10.2. The molecule has 0 saturated carbocycles. The van der Waals surface area contributed by atoms with E-state index in [9.17, 15) is 0 Å². The Morgan fingerprint density at radius 2 is 2.35 bits per heavy atom. The van der Waals surface area contributed by atoms with E-state index in [0.29, 0.717) is 31.1 Å². The maximum absolute atomic E-state index is 8.91. The summed E-state index contributed by atoms with van der Waals surface area (Å²) in [5.74, 6) is 0.617. The first kappa shape index (κ1) is 13.2. The van der Waals surface area contributed by atoms with Crippen molar-refractivity contribution < 1.29 is 4.74 Å². The number of nitriles is 1. The summed E-state index contributed by atoms with van der Waals surface area (Å²) in [5.41, 5.74) is 2.43. The zero-order chi connectivity index (χ0) is 12.7. The lowest BCUT2D eigenvalue weighted by molar-refractivity contribution is 0.167. The highest BCUT2D eigenvalue weighted by Crippen LogP contribution is 2.11. The van der Waals surface area contributed by atoms with Crippen LogP contribution < -0.4 is 5.32 Å². The van der Waals surface area contributed by atoms with Gasteiger partial charge in [0.25, 0.3) is 0 Å². The molecule has 0 aliphatic carbocycles. The van der Waals surface area contributed by atoms with E-state index >= 15 is 0 Å². The van der Waals surface area contributed by atoms with E-state index in [1.807, 2.05) is 19.9 Å². The molecule has 1 rings (SSSR count). The van der Waals surface area contributed by atoms with Gasteiger partial charge in [-0.1, -0.05) is 12.2 Å². The van der Waals surface area contributed by atoms with Crippen LogP contribution in [-0.2, 0) is 4.74 Å². The molecule has 1 N–H and O–H groups in total. The summed E-state index contributed by atoms with van der Waals surface area (Å²) in [5, 5.41) is 12.0. The third-order valence-corrected chi connectivity index (χ3v) is 2.04. The third kappa shape index (κ3) is 4.66. The summed E-state index contributed by atoms with van der Waals surface area (Å²) >= 11 is 0. The Morgan fingerprint density at radius 3 is 3.00 bits per heavy atom. The van der Waals surface area contributed by atoms with Gasteiger partial charge in [0.05, 0.1) is 18.8 Å². The lowest BCUT2D eigenvalue weighted by Crippen LogP contribution is -2.12. The molecule has 0 bridgehead atoms. The van der Waals surface area contributed by atoms with Crippen molar-refractivity contribution in [1.29, 1.82) is 5.26 Å². The minimum Gasteiger partial charge on any atom is -0.375 e. The van der Waals surface area contributed by atoms with Gasteiger partial charge in [0.1, 0.15) is 11.9 Å². The number of nitrogens with zero attached hydrogens (tertiary/aromatic N) is 2. The fourth-order valence-electron chi connectivity index (χ4n) is 1.27. The van der Waals surface area contributed by atoms with Crippen LogP contribution in [0.1, 0.15) is 18.2 Å². The number of aryl methyl sites for hydroxylation is 1. The van der Waals surface area contributed by atoms with Crippen LogP contribution in [0, 0.1) is 18.3 Å². The fourth-order valence-corrected chi connectivity index (χ4v) is 1.27. The van der Waals surface area contributed by atoms with Gasteiger partial charge in [0.15, 0.2) is 0 Å². The Hall–Kier alpha value is -1.86. The Kier molecular flexibility index (Phi) is 5.18. The van der Waals surface area contributed by atoms with Crippen LogP contribution >= 0.6 is 0 Å². The van der Waals surface area contributed by atoms with Crippen molar-refractivity contribution in [2.75, 3.05) is 25.1 Å². The number of hydrogen-bond donors (Lipinski definition) is 1. The second kappa shape index (κ2) is 6.66. The minimum atomic E-state index is 0.551. The zero-order valence-electron chi connectivity index (χ0n) is 10.3. The maximum Gasteiger partial charge on any atom is 0.144 e. The molecule has 0 spiro atoms. The normalized spacial score (nSPS) is 9.71. The zero-order valence-corrected chi connectivity index (χ0v) is 10.3. The van der Waals surface area contributed by atoms with Gasteiger partial charge in [-0.3, -0.25) is 0 Å². The number of pyridine rings is 1. The molecule has 1 aromatic heterocycles. The Balaban J connectivity index is 2.43. The second-order valence-corrected chi connectivity index (χ2v) is 3.90. The highest BCUT2D eigenvalue weighted by molar-refractivity contribution is 5.52. The summed E-state index contributed by atoms with van der Waals surface area (Å²) in [6.07, 6.45) is 0. The fraction of sp³-hybridized carbons (Fsp3) is 0.385. The SMILES string of the molecule is C=C(C)COCCNc1nc(C)ccc1C#N. The summed E-state index contributed by atoms with van der Waals surface area (Å²) in [6.45, 7) is 9.31. The maximum atomic E-state index is 8.91. The largest absolute Gasteiger partial charge is 0.375 e. The molecular formula is C13H17N3O. The van der Waals surface area contributed by atoms with Gasteiger partial charge in [-0.05, 0) is 26.0 Å². The number of anilines is 1. The molecule has 4 heteroatoms. The molecule has 0 aliphatic rings. The average Bonchev–Trinajstić information content (AvgIpc) is 2.28. The van der Waals surface area contributed by atoms with Gasteiger partial charge in [-0.2, -0.15) is 5.26 Å². The van der Waals surface area contributed by atoms with E-state index in [4.69, 9.17) is 10.00 Å². The summed E-state index contributed by atoms with van der Waals surface area (Å²) < 4.78 is 5.35. The van der Waals surface area contributed by atoms with Crippen molar-refractivity contribution in [3.63, 3.8) is 0 Å². The van der Waals surface area contributed by atoms with Crippen LogP contribution in [0.2, 0.25) is 0 Å². The van der Waals surface area contributed by atoms with Gasteiger partial charge in [-0.25, -0.2) is 4.98 Å². The molecule has 1 heterocycles. The predicted molar refractivity (Wildman–Crippen MR) is 67.8 cm³/mol. The van der Waals surface area contributed by atoms with Gasteiger partial charge in [0, 0.05) is 12.2 Å². The standard InChI is InChI=1S/C13H17N3O/c1-10(2)9-17-7-6-15-13-12(8-14)5-4-11(3)16-13/h4-5H,1,6-7,9H2,2-3H3,(H,15,16). The highest BCUT2D eigenvalue weighted by Gasteiger charge is 2.02. The molecule has 0 aliphatic heterocycles. The van der Waals surface area contributed by atoms with Crippen LogP contribution in [0.4, 0.5) is 5.82 Å². The van der Waals surface area contributed by atoms with E-state index in [0.717, 1.165) is 11.3 Å². The number of hydrogen-bond acceptors (Lipinski definition) is 4. The third-order valence-electron chi connectivity index (χ3n) is 2.04. The molecule has 0 aromatic carbocycles. The van der Waals surface area contributed by atoms with Crippen LogP contribution in [0.3, 0.4) is 0 Å². The highest BCUT2D eigenvalue weighted by atomic mass is 16.5. The lowest BCUT2D eigenvalue weighted by Gasteiger charge is -2.08. The van der Waals surface area contributed by atoms with Gasteiger partial charge >= 0.3 is 0 Å². The van der Waals surface area contributed by atoms with Crippen molar-refractivity contribution in [3.8, 4) is 6.07 Å². The van der Waals surface area contributed by atoms with E-state index in [-0.39, 0.29) is 0 Å². The minimum absolute atomic E-state index is 0.551. The average molecular weight is 231 g/mol. The van der Waals surface area contributed by atoms with E-state index < -0.39 is 0 Å². The number of nitrogens with one attached hydrogen (secondary N) is 1. The molecule has 0 atom stereocenters. The van der Waals surface area contributed by atoms with E-state index in [1.54, 1.807) is 6.07 Å². The first-order chi connectivity index (χ1) is 8.13. The predicted octanol–water partition coefficient (Wildman–Crippen LogP) is 2.27. The van der Waals surface area contributed by atoms with Crippen molar-refractivity contribution in [2.45, 2.75) is 13.8 Å². The molecule has 90 valence electrons. The molecule has 4 nitrogen and oxygen atoms in total. The number of aromatic nitrogens is 1. The first-order valence-corrected chi connectivity index (χ1v) is 5.47. The van der Waals surface area contributed by atoms with E-state index in [1.165, 1.54) is 0 Å². The second-order valence-electron chi connectivity index (χ2n) is 3.90. The molecule has 0 unspecified atom stereocenters. The van der Waals surface area contributed by atoms with Crippen LogP contribution in [-0.4, -0.2) is 24.7 Å². The number of ether oxygens (including phenoxy) is 1. The number of rotatable bonds is 6. The first-order valence-electron chi connectivity index (χ1n) is 5.47. The van der Waals surface area contributed by atoms with Crippen molar-refractivity contribution >= 4 is 5.82 Å². The molecule has 17 heavy (non-hydrogen) atoms. The quantitative estimate of drug-likeness (QED) is 0.602. The molecule has 0 fully saturated rings. The van der Waals surface area contributed by atoms with Gasteiger partial charge in [-0.15, -0.1) is 0 Å². The molecule has 0 radical (unpaired) electrons. The molecule has 0 amide bonds.